The van der Waals surface area contributed by atoms with E-state index >= 15 is 0 Å². The first-order chi connectivity index (χ1) is 4.66. The summed E-state index contributed by atoms with van der Waals surface area (Å²) in [6.07, 6.45) is 3.84. The molecular weight excluding hydrogens is 160 g/mol. The van der Waals surface area contributed by atoms with Crippen LogP contribution in [0, 0.1) is 5.92 Å². The molecule has 10 heavy (non-hydrogen) atoms. The first kappa shape index (κ1) is 10.7. The van der Waals surface area contributed by atoms with Crippen LogP contribution in [0.5, 0.6) is 0 Å². The Morgan fingerprint density at radius 2 is 1.80 bits per heavy atom. The maximum Gasteiger partial charge on any atom is -0.00116 e. The summed E-state index contributed by atoms with van der Waals surface area (Å²) >= 11 is 8.53. The van der Waals surface area contributed by atoms with Crippen molar-refractivity contribution in [3.63, 3.8) is 0 Å². The summed E-state index contributed by atoms with van der Waals surface area (Å²) in [6, 6.07) is 0. The third kappa shape index (κ3) is 6.81. The van der Waals surface area contributed by atoms with Gasteiger partial charge in [-0.05, 0) is 29.8 Å². The summed E-state index contributed by atoms with van der Waals surface area (Å²) in [5, 5.41) is 0.562. The van der Waals surface area contributed by atoms with Crippen molar-refractivity contribution in [2.45, 2.75) is 38.4 Å². The minimum atomic E-state index is 0.562. The van der Waals surface area contributed by atoms with Gasteiger partial charge >= 0.3 is 0 Å². The molecule has 0 aromatic heterocycles. The van der Waals surface area contributed by atoms with Gasteiger partial charge in [0.15, 0.2) is 0 Å². The first-order valence-corrected chi connectivity index (χ1v) is 5.10. The molecule has 0 aromatic rings. The van der Waals surface area contributed by atoms with Crippen LogP contribution >= 0.6 is 25.3 Å². The fourth-order valence-corrected chi connectivity index (χ4v) is 1.22. The summed E-state index contributed by atoms with van der Waals surface area (Å²) in [7, 11) is 0. The molecule has 0 aromatic carbocycles. The highest BCUT2D eigenvalue weighted by molar-refractivity contribution is 7.80. The van der Waals surface area contributed by atoms with Gasteiger partial charge < -0.3 is 0 Å². The zero-order chi connectivity index (χ0) is 7.98. The number of rotatable bonds is 5. The van der Waals surface area contributed by atoms with Crippen LogP contribution < -0.4 is 0 Å². The van der Waals surface area contributed by atoms with Gasteiger partial charge in [0, 0.05) is 0 Å². The van der Waals surface area contributed by atoms with Crippen molar-refractivity contribution in [1.29, 1.82) is 0 Å². The van der Waals surface area contributed by atoms with E-state index in [1.807, 2.05) is 0 Å². The number of hydrogen-bond donors (Lipinski definition) is 2. The number of hydrogen-bond acceptors (Lipinski definition) is 2. The van der Waals surface area contributed by atoms with Gasteiger partial charge in [-0.2, -0.15) is 25.3 Å². The lowest BCUT2D eigenvalue weighted by Crippen LogP contribution is -1.98. The normalized spacial score (nSPS) is 16.8. The van der Waals surface area contributed by atoms with Crippen molar-refractivity contribution in [3.8, 4) is 0 Å². The molecule has 0 aliphatic rings. The maximum atomic E-state index is 4.31. The van der Waals surface area contributed by atoms with Crippen LogP contribution in [-0.2, 0) is 0 Å². The summed E-state index contributed by atoms with van der Waals surface area (Å²) in [5.74, 6) is 1.79. The highest BCUT2D eigenvalue weighted by Crippen LogP contribution is 2.12. The smallest absolute Gasteiger partial charge is 0.00116 e. The fourth-order valence-electron chi connectivity index (χ4n) is 0.853. The van der Waals surface area contributed by atoms with Crippen molar-refractivity contribution < 1.29 is 0 Å². The fraction of sp³-hybridized carbons (Fsp3) is 1.00. The van der Waals surface area contributed by atoms with Crippen molar-refractivity contribution >= 4 is 25.3 Å². The number of thiol groups is 2. The SMILES string of the molecule is CC(S)CCCC(C)CS. The van der Waals surface area contributed by atoms with E-state index in [-0.39, 0.29) is 0 Å². The molecule has 2 heteroatoms. The summed E-state index contributed by atoms with van der Waals surface area (Å²) in [6.45, 7) is 4.39. The van der Waals surface area contributed by atoms with E-state index < -0.39 is 0 Å². The average molecular weight is 178 g/mol. The molecule has 2 atom stereocenters. The molecule has 0 bridgehead atoms. The highest BCUT2D eigenvalue weighted by Gasteiger charge is 1.99. The Bertz CT molecular complexity index is 71.7. The van der Waals surface area contributed by atoms with Gasteiger partial charge in [0.1, 0.15) is 0 Å². The minimum absolute atomic E-state index is 0.562. The molecule has 0 amide bonds. The molecule has 0 rings (SSSR count). The molecule has 0 aliphatic carbocycles. The predicted molar refractivity (Wildman–Crippen MR) is 55.3 cm³/mol. The molecule has 0 saturated heterocycles. The van der Waals surface area contributed by atoms with Crippen LogP contribution in [0.1, 0.15) is 33.1 Å². The Hall–Kier alpha value is 0.700. The second kappa shape index (κ2) is 6.41. The van der Waals surface area contributed by atoms with Crippen LogP contribution in [0.2, 0.25) is 0 Å². The molecule has 2 unspecified atom stereocenters. The molecular formula is C8H18S2. The molecule has 0 heterocycles. The minimum Gasteiger partial charge on any atom is -0.179 e. The van der Waals surface area contributed by atoms with E-state index in [2.05, 4.69) is 39.1 Å². The van der Waals surface area contributed by atoms with Crippen molar-refractivity contribution in [2.75, 3.05) is 5.75 Å². The van der Waals surface area contributed by atoms with Crippen LogP contribution in [0.25, 0.3) is 0 Å². The molecule has 62 valence electrons. The zero-order valence-corrected chi connectivity index (χ0v) is 8.67. The lowest BCUT2D eigenvalue weighted by molar-refractivity contribution is 0.546. The second-order valence-electron chi connectivity index (χ2n) is 3.07. The largest absolute Gasteiger partial charge is 0.179 e. The molecule has 0 radical (unpaired) electrons. The summed E-state index contributed by atoms with van der Waals surface area (Å²) < 4.78 is 0. The molecule has 0 N–H and O–H groups in total. The van der Waals surface area contributed by atoms with E-state index in [0.29, 0.717) is 5.25 Å². The van der Waals surface area contributed by atoms with E-state index in [9.17, 15) is 0 Å². The van der Waals surface area contributed by atoms with E-state index in [0.717, 1.165) is 11.7 Å². The average Bonchev–Trinajstić information content (AvgIpc) is 1.87. The van der Waals surface area contributed by atoms with Gasteiger partial charge in [0.2, 0.25) is 0 Å². The third-order valence-electron chi connectivity index (χ3n) is 1.63. The molecule has 0 aliphatic heterocycles. The van der Waals surface area contributed by atoms with Gasteiger partial charge in [0.25, 0.3) is 0 Å². The maximum absolute atomic E-state index is 4.31. The predicted octanol–water partition coefficient (Wildman–Crippen LogP) is 3.04. The molecule has 0 saturated carbocycles. The molecule has 0 fully saturated rings. The van der Waals surface area contributed by atoms with Crippen LogP contribution in [0.15, 0.2) is 0 Å². The van der Waals surface area contributed by atoms with E-state index in [4.69, 9.17) is 0 Å². The quantitative estimate of drug-likeness (QED) is 0.594. The van der Waals surface area contributed by atoms with Crippen LogP contribution in [0.4, 0.5) is 0 Å². The zero-order valence-electron chi connectivity index (χ0n) is 6.88. The van der Waals surface area contributed by atoms with Crippen molar-refractivity contribution in [1.82, 2.24) is 0 Å². The first-order valence-electron chi connectivity index (χ1n) is 3.95. The van der Waals surface area contributed by atoms with Gasteiger partial charge in [0.05, 0.1) is 0 Å². The van der Waals surface area contributed by atoms with Gasteiger partial charge in [-0.15, -0.1) is 0 Å². The summed E-state index contributed by atoms with van der Waals surface area (Å²) in [5.41, 5.74) is 0. The van der Waals surface area contributed by atoms with E-state index in [1.165, 1.54) is 19.3 Å². The van der Waals surface area contributed by atoms with Crippen molar-refractivity contribution in [2.24, 2.45) is 5.92 Å². The Balaban J connectivity index is 3.03. The standard InChI is InChI=1S/C8H18S2/c1-7(6-9)4-3-5-8(2)10/h7-10H,3-6H2,1-2H3. The molecule has 0 nitrogen and oxygen atoms in total. The van der Waals surface area contributed by atoms with Crippen molar-refractivity contribution in [3.05, 3.63) is 0 Å². The van der Waals surface area contributed by atoms with Gasteiger partial charge in [-0.25, -0.2) is 0 Å². The Morgan fingerprint density at radius 3 is 2.20 bits per heavy atom. The lowest BCUT2D eigenvalue weighted by atomic mass is 10.1. The lowest BCUT2D eigenvalue weighted by Gasteiger charge is -2.07. The Labute approximate surface area is 75.6 Å². The molecule has 0 spiro atoms. The van der Waals surface area contributed by atoms with Crippen LogP contribution in [0.3, 0.4) is 0 Å². The third-order valence-corrected chi connectivity index (χ3v) is 2.51. The summed E-state index contributed by atoms with van der Waals surface area (Å²) in [4.78, 5) is 0. The topological polar surface area (TPSA) is 0 Å². The highest BCUT2D eigenvalue weighted by atomic mass is 32.1. The Kier molecular flexibility index (Phi) is 6.86. The second-order valence-corrected chi connectivity index (χ2v) is 4.31. The Morgan fingerprint density at radius 1 is 1.20 bits per heavy atom. The van der Waals surface area contributed by atoms with Crippen LogP contribution in [-0.4, -0.2) is 11.0 Å². The monoisotopic (exact) mass is 178 g/mol. The van der Waals surface area contributed by atoms with E-state index in [1.54, 1.807) is 0 Å². The van der Waals surface area contributed by atoms with Gasteiger partial charge in [-0.3, -0.25) is 0 Å². The van der Waals surface area contributed by atoms with Gasteiger partial charge in [-0.1, -0.05) is 20.3 Å².